The minimum absolute atomic E-state index is 0.322. The SMILES string of the molecule is CCCCCCCCCCCCc1ccc(O)cc1.Oc1ccccc1. The Bertz CT molecular complexity index is 534. The fourth-order valence-corrected chi connectivity index (χ4v) is 2.91. The maximum atomic E-state index is 9.20. The Morgan fingerprint density at radius 3 is 1.46 bits per heavy atom. The standard InChI is InChI=1S/C18H30O.C6H6O/c1-2-3-4-5-6-7-8-9-10-11-12-17-13-15-18(19)16-14-17;7-6-4-2-1-3-5-6/h13-16,19H,2-12H2,1H3;1-5,7H. The molecule has 0 aromatic heterocycles. The van der Waals surface area contributed by atoms with E-state index in [4.69, 9.17) is 5.11 Å². The fraction of sp³-hybridized carbons (Fsp3) is 0.500. The molecular formula is C24H36O2. The van der Waals surface area contributed by atoms with Crippen molar-refractivity contribution < 1.29 is 10.2 Å². The first kappa shape index (κ1) is 22.1. The molecule has 2 nitrogen and oxygen atoms in total. The fourth-order valence-electron chi connectivity index (χ4n) is 2.91. The lowest BCUT2D eigenvalue weighted by Gasteiger charge is -2.03. The van der Waals surface area contributed by atoms with Gasteiger partial charge in [-0.2, -0.15) is 0 Å². The molecule has 0 radical (unpaired) electrons. The lowest BCUT2D eigenvalue weighted by atomic mass is 10.0. The van der Waals surface area contributed by atoms with E-state index in [1.165, 1.54) is 69.8 Å². The van der Waals surface area contributed by atoms with Crippen LogP contribution >= 0.6 is 0 Å². The minimum atomic E-state index is 0.322. The average molecular weight is 357 g/mol. The second kappa shape index (κ2) is 15.3. The molecule has 2 rings (SSSR count). The van der Waals surface area contributed by atoms with Crippen molar-refractivity contribution in [2.24, 2.45) is 0 Å². The van der Waals surface area contributed by atoms with E-state index in [1.54, 1.807) is 36.4 Å². The highest BCUT2D eigenvalue weighted by molar-refractivity contribution is 5.25. The minimum Gasteiger partial charge on any atom is -0.508 e. The van der Waals surface area contributed by atoms with Crippen LogP contribution in [-0.4, -0.2) is 10.2 Å². The normalized spacial score (nSPS) is 10.2. The Hall–Kier alpha value is -1.96. The Labute approximate surface area is 159 Å². The van der Waals surface area contributed by atoms with Crippen molar-refractivity contribution in [1.29, 1.82) is 0 Å². The van der Waals surface area contributed by atoms with Gasteiger partial charge in [0.05, 0.1) is 0 Å². The number of phenolic OH excluding ortho intramolecular Hbond substituents is 2. The van der Waals surface area contributed by atoms with Crippen LogP contribution < -0.4 is 0 Å². The van der Waals surface area contributed by atoms with Gasteiger partial charge in [0.2, 0.25) is 0 Å². The molecule has 0 fully saturated rings. The molecule has 2 aromatic carbocycles. The summed E-state index contributed by atoms with van der Waals surface area (Å²) in [5.41, 5.74) is 1.34. The highest BCUT2D eigenvalue weighted by Crippen LogP contribution is 2.14. The Kier molecular flexibility index (Phi) is 13.0. The van der Waals surface area contributed by atoms with E-state index < -0.39 is 0 Å². The number of rotatable bonds is 11. The molecular weight excluding hydrogens is 320 g/mol. The number of para-hydroxylation sites is 1. The van der Waals surface area contributed by atoms with Crippen LogP contribution in [0.3, 0.4) is 0 Å². The number of hydrogen-bond donors (Lipinski definition) is 2. The van der Waals surface area contributed by atoms with Gasteiger partial charge in [-0.15, -0.1) is 0 Å². The molecule has 0 amide bonds. The molecule has 0 saturated carbocycles. The maximum absolute atomic E-state index is 9.20. The molecule has 0 atom stereocenters. The van der Waals surface area contributed by atoms with Crippen LogP contribution in [0.4, 0.5) is 0 Å². The largest absolute Gasteiger partial charge is 0.508 e. The van der Waals surface area contributed by atoms with Crippen LogP contribution in [0.1, 0.15) is 76.7 Å². The zero-order valence-electron chi connectivity index (χ0n) is 16.4. The lowest BCUT2D eigenvalue weighted by Crippen LogP contribution is -1.86. The lowest BCUT2D eigenvalue weighted by molar-refractivity contribution is 0.474. The van der Waals surface area contributed by atoms with Gasteiger partial charge in [0.15, 0.2) is 0 Å². The van der Waals surface area contributed by atoms with Crippen LogP contribution in [0.25, 0.3) is 0 Å². The second-order valence-electron chi connectivity index (χ2n) is 6.93. The van der Waals surface area contributed by atoms with E-state index >= 15 is 0 Å². The van der Waals surface area contributed by atoms with Crippen LogP contribution in [0.5, 0.6) is 11.5 Å². The summed E-state index contributed by atoms with van der Waals surface area (Å²) in [6, 6.07) is 16.3. The quantitative estimate of drug-likeness (QED) is 0.416. The Morgan fingerprint density at radius 2 is 1.00 bits per heavy atom. The van der Waals surface area contributed by atoms with Gasteiger partial charge in [-0.3, -0.25) is 0 Å². The second-order valence-corrected chi connectivity index (χ2v) is 6.93. The molecule has 0 saturated heterocycles. The zero-order chi connectivity index (χ0) is 18.9. The van der Waals surface area contributed by atoms with Crippen molar-refractivity contribution in [2.45, 2.75) is 77.6 Å². The molecule has 144 valence electrons. The van der Waals surface area contributed by atoms with Gasteiger partial charge in [0, 0.05) is 0 Å². The molecule has 0 aliphatic heterocycles. The summed E-state index contributed by atoms with van der Waals surface area (Å²) in [5.74, 6) is 0.689. The summed E-state index contributed by atoms with van der Waals surface area (Å²) < 4.78 is 0. The molecule has 0 aliphatic rings. The molecule has 0 aliphatic carbocycles. The third-order valence-electron chi connectivity index (χ3n) is 4.51. The molecule has 0 spiro atoms. The third-order valence-corrected chi connectivity index (χ3v) is 4.51. The van der Waals surface area contributed by atoms with E-state index in [9.17, 15) is 5.11 Å². The van der Waals surface area contributed by atoms with E-state index in [2.05, 4.69) is 6.92 Å². The Morgan fingerprint density at radius 1 is 0.538 bits per heavy atom. The van der Waals surface area contributed by atoms with Crippen molar-refractivity contribution in [3.63, 3.8) is 0 Å². The number of aromatic hydroxyl groups is 2. The molecule has 0 unspecified atom stereocenters. The highest BCUT2D eigenvalue weighted by Gasteiger charge is 1.95. The molecule has 2 aromatic rings. The summed E-state index contributed by atoms with van der Waals surface area (Å²) in [6.45, 7) is 2.27. The smallest absolute Gasteiger partial charge is 0.115 e. The first-order valence-electron chi connectivity index (χ1n) is 10.2. The van der Waals surface area contributed by atoms with Gasteiger partial charge in [0.1, 0.15) is 11.5 Å². The van der Waals surface area contributed by atoms with Gasteiger partial charge in [0.25, 0.3) is 0 Å². The van der Waals surface area contributed by atoms with Gasteiger partial charge in [-0.1, -0.05) is 95.0 Å². The van der Waals surface area contributed by atoms with E-state index in [0.29, 0.717) is 11.5 Å². The van der Waals surface area contributed by atoms with Crippen molar-refractivity contribution >= 4 is 0 Å². The van der Waals surface area contributed by atoms with E-state index in [-0.39, 0.29) is 0 Å². The number of phenols is 2. The van der Waals surface area contributed by atoms with E-state index in [0.717, 1.165) is 6.42 Å². The topological polar surface area (TPSA) is 40.5 Å². The number of unbranched alkanes of at least 4 members (excludes halogenated alkanes) is 9. The van der Waals surface area contributed by atoms with Gasteiger partial charge < -0.3 is 10.2 Å². The van der Waals surface area contributed by atoms with Gasteiger partial charge in [-0.05, 0) is 42.7 Å². The first-order valence-corrected chi connectivity index (χ1v) is 10.2. The number of benzene rings is 2. The van der Waals surface area contributed by atoms with Crippen LogP contribution in [0.15, 0.2) is 54.6 Å². The van der Waals surface area contributed by atoms with Crippen molar-refractivity contribution in [3.05, 3.63) is 60.2 Å². The summed E-state index contributed by atoms with van der Waals surface area (Å²) in [7, 11) is 0. The number of hydrogen-bond acceptors (Lipinski definition) is 2. The number of aryl methyl sites for hydroxylation is 1. The van der Waals surface area contributed by atoms with Gasteiger partial charge in [-0.25, -0.2) is 0 Å². The molecule has 0 heterocycles. The molecule has 0 bridgehead atoms. The highest BCUT2D eigenvalue weighted by atomic mass is 16.3. The Balaban J connectivity index is 0.000000401. The average Bonchev–Trinajstić information content (AvgIpc) is 2.66. The maximum Gasteiger partial charge on any atom is 0.115 e. The summed E-state index contributed by atoms with van der Waals surface area (Å²) in [6.07, 6.45) is 15.0. The van der Waals surface area contributed by atoms with Gasteiger partial charge >= 0.3 is 0 Å². The van der Waals surface area contributed by atoms with Crippen molar-refractivity contribution in [2.75, 3.05) is 0 Å². The summed E-state index contributed by atoms with van der Waals surface area (Å²) >= 11 is 0. The molecule has 26 heavy (non-hydrogen) atoms. The zero-order valence-corrected chi connectivity index (χ0v) is 16.4. The first-order chi connectivity index (χ1) is 12.7. The van der Waals surface area contributed by atoms with Crippen LogP contribution in [0, 0.1) is 0 Å². The molecule has 2 heteroatoms. The third kappa shape index (κ3) is 12.4. The van der Waals surface area contributed by atoms with Crippen LogP contribution in [-0.2, 0) is 6.42 Å². The van der Waals surface area contributed by atoms with Crippen molar-refractivity contribution in [3.8, 4) is 11.5 Å². The van der Waals surface area contributed by atoms with E-state index in [1.807, 2.05) is 18.2 Å². The predicted molar refractivity (Wildman–Crippen MR) is 112 cm³/mol. The van der Waals surface area contributed by atoms with Crippen molar-refractivity contribution in [1.82, 2.24) is 0 Å². The van der Waals surface area contributed by atoms with Crippen LogP contribution in [0.2, 0.25) is 0 Å². The predicted octanol–water partition coefficient (Wildman–Crippen LogP) is 7.25. The monoisotopic (exact) mass is 356 g/mol. The summed E-state index contributed by atoms with van der Waals surface area (Å²) in [4.78, 5) is 0. The molecule has 2 N–H and O–H groups in total. The summed E-state index contributed by atoms with van der Waals surface area (Å²) in [5, 5.41) is 17.8.